The molecular weight excluding hydrogens is 262 g/mol. The molecule has 1 rings (SSSR count). The van der Waals surface area contributed by atoms with Crippen molar-refractivity contribution in [1.82, 2.24) is 5.32 Å². The fourth-order valence-electron chi connectivity index (χ4n) is 1.54. The Bertz CT molecular complexity index is 499. The Kier molecular flexibility index (Phi) is 4.69. The maximum Gasteiger partial charge on any atom is 0.252 e. The first-order chi connectivity index (χ1) is 9.18. The maximum absolute atomic E-state index is 12.1. The standard InChI is InChI=1S/C13H18N3O4/c1-8(2)13(3,12(14)18)15-11(17)9-4-6-10(7-5-9)16(19)20/h4-8,19H,1-3H3,(H2,14,18)(H,15,17)/q-1. The largest absolute Gasteiger partial charge is 0.733 e. The molecule has 0 aliphatic rings. The lowest BCUT2D eigenvalue weighted by Crippen LogP contribution is -2.58. The van der Waals surface area contributed by atoms with Gasteiger partial charge in [0.25, 0.3) is 5.91 Å². The molecule has 7 heteroatoms. The molecule has 0 spiro atoms. The molecule has 0 aliphatic carbocycles. The highest BCUT2D eigenvalue weighted by Crippen LogP contribution is 2.18. The summed E-state index contributed by atoms with van der Waals surface area (Å²) < 4.78 is 0. The molecule has 0 heterocycles. The van der Waals surface area contributed by atoms with E-state index in [4.69, 9.17) is 10.9 Å². The molecule has 0 fully saturated rings. The average molecular weight is 280 g/mol. The van der Waals surface area contributed by atoms with Gasteiger partial charge in [0.2, 0.25) is 5.91 Å². The Balaban J connectivity index is 2.93. The lowest BCUT2D eigenvalue weighted by Gasteiger charge is -2.31. The number of benzene rings is 1. The van der Waals surface area contributed by atoms with Crippen LogP contribution in [0.25, 0.3) is 0 Å². The SMILES string of the molecule is CC(C)C(C)(NC(=O)c1ccc(N([O-])O)cc1)C(N)=O. The predicted molar refractivity (Wildman–Crippen MR) is 74.0 cm³/mol. The van der Waals surface area contributed by atoms with Crippen molar-refractivity contribution in [3.63, 3.8) is 0 Å². The van der Waals surface area contributed by atoms with Gasteiger partial charge in [-0.3, -0.25) is 14.8 Å². The van der Waals surface area contributed by atoms with Gasteiger partial charge in [-0.2, -0.15) is 0 Å². The predicted octanol–water partition coefficient (Wildman–Crippen LogP) is 1.01. The van der Waals surface area contributed by atoms with Gasteiger partial charge in [-0.05, 0) is 37.1 Å². The summed E-state index contributed by atoms with van der Waals surface area (Å²) in [6.07, 6.45) is 0. The third kappa shape index (κ3) is 3.25. The van der Waals surface area contributed by atoms with E-state index in [1.54, 1.807) is 20.8 Å². The smallest absolute Gasteiger partial charge is 0.252 e. The Morgan fingerprint density at radius 3 is 2.20 bits per heavy atom. The lowest BCUT2D eigenvalue weighted by molar-refractivity contribution is -0.125. The van der Waals surface area contributed by atoms with E-state index in [9.17, 15) is 14.8 Å². The molecule has 4 N–H and O–H groups in total. The number of primary amides is 1. The summed E-state index contributed by atoms with van der Waals surface area (Å²) in [5.41, 5.74) is 4.41. The highest BCUT2D eigenvalue weighted by molar-refractivity contribution is 5.99. The number of nitrogens with two attached hydrogens (primary N) is 1. The molecule has 0 saturated heterocycles. The zero-order chi connectivity index (χ0) is 15.5. The van der Waals surface area contributed by atoms with Crippen LogP contribution in [0.15, 0.2) is 24.3 Å². The molecule has 0 saturated carbocycles. The van der Waals surface area contributed by atoms with E-state index < -0.39 is 17.4 Å². The molecule has 0 radical (unpaired) electrons. The molecule has 20 heavy (non-hydrogen) atoms. The minimum absolute atomic E-state index is 0.00284. The summed E-state index contributed by atoms with van der Waals surface area (Å²) in [6.45, 7) is 5.10. The van der Waals surface area contributed by atoms with Crippen molar-refractivity contribution in [1.29, 1.82) is 0 Å². The molecular formula is C13H18N3O4-. The van der Waals surface area contributed by atoms with E-state index >= 15 is 0 Å². The van der Waals surface area contributed by atoms with Crippen LogP contribution >= 0.6 is 0 Å². The molecule has 1 atom stereocenters. The Morgan fingerprint density at radius 2 is 1.85 bits per heavy atom. The van der Waals surface area contributed by atoms with Crippen LogP contribution in [0.5, 0.6) is 0 Å². The summed E-state index contributed by atoms with van der Waals surface area (Å²) in [5.74, 6) is -1.29. The molecule has 1 aromatic rings. The maximum atomic E-state index is 12.1. The van der Waals surface area contributed by atoms with Gasteiger partial charge in [-0.1, -0.05) is 13.8 Å². The van der Waals surface area contributed by atoms with Gasteiger partial charge in [-0.15, -0.1) is 0 Å². The van der Waals surface area contributed by atoms with Crippen LogP contribution in [-0.4, -0.2) is 22.6 Å². The van der Waals surface area contributed by atoms with Crippen LogP contribution < -0.4 is 16.3 Å². The highest BCUT2D eigenvalue weighted by Gasteiger charge is 2.36. The molecule has 1 unspecified atom stereocenters. The summed E-state index contributed by atoms with van der Waals surface area (Å²) in [6, 6.07) is 5.32. The molecule has 0 aromatic heterocycles. The van der Waals surface area contributed by atoms with Gasteiger partial charge in [-0.25, -0.2) is 0 Å². The van der Waals surface area contributed by atoms with Crippen molar-refractivity contribution >= 4 is 17.5 Å². The number of carbonyl (C=O) groups is 2. The first kappa shape index (κ1) is 15.9. The average Bonchev–Trinajstić information content (AvgIpc) is 2.38. The van der Waals surface area contributed by atoms with Gasteiger partial charge < -0.3 is 21.5 Å². The minimum Gasteiger partial charge on any atom is -0.733 e. The first-order valence-electron chi connectivity index (χ1n) is 6.07. The van der Waals surface area contributed by atoms with Crippen LogP contribution in [0.1, 0.15) is 31.1 Å². The van der Waals surface area contributed by atoms with Crippen molar-refractivity contribution < 1.29 is 14.8 Å². The van der Waals surface area contributed by atoms with Gasteiger partial charge >= 0.3 is 0 Å². The first-order valence-corrected chi connectivity index (χ1v) is 6.07. The van der Waals surface area contributed by atoms with Crippen LogP contribution in [0.2, 0.25) is 0 Å². The van der Waals surface area contributed by atoms with E-state index in [1.807, 2.05) is 0 Å². The zero-order valence-electron chi connectivity index (χ0n) is 11.6. The summed E-state index contributed by atoms with van der Waals surface area (Å²) in [4.78, 5) is 23.6. The van der Waals surface area contributed by atoms with E-state index in [0.717, 1.165) is 0 Å². The van der Waals surface area contributed by atoms with Crippen molar-refractivity contribution in [2.45, 2.75) is 26.3 Å². The van der Waals surface area contributed by atoms with Gasteiger partial charge in [0, 0.05) is 5.56 Å². The van der Waals surface area contributed by atoms with Crippen molar-refractivity contribution in [2.75, 3.05) is 5.23 Å². The fraction of sp³-hybridized carbons (Fsp3) is 0.385. The molecule has 110 valence electrons. The number of nitrogens with one attached hydrogen (secondary N) is 1. The fourth-order valence-corrected chi connectivity index (χ4v) is 1.54. The zero-order valence-corrected chi connectivity index (χ0v) is 11.6. The summed E-state index contributed by atoms with van der Waals surface area (Å²) >= 11 is 0. The molecule has 0 aliphatic heterocycles. The molecule has 2 amide bonds. The van der Waals surface area contributed by atoms with Crippen LogP contribution in [0.3, 0.4) is 0 Å². The number of rotatable bonds is 5. The number of nitrogens with zero attached hydrogens (tertiary/aromatic N) is 1. The van der Waals surface area contributed by atoms with E-state index in [0.29, 0.717) is 0 Å². The summed E-state index contributed by atoms with van der Waals surface area (Å²) in [5, 5.41) is 21.6. The van der Waals surface area contributed by atoms with E-state index in [-0.39, 0.29) is 22.4 Å². The second-order valence-corrected chi connectivity index (χ2v) is 5.00. The number of anilines is 1. The van der Waals surface area contributed by atoms with E-state index in [2.05, 4.69) is 5.32 Å². The second-order valence-electron chi connectivity index (χ2n) is 5.00. The van der Waals surface area contributed by atoms with Crippen molar-refractivity contribution in [2.24, 2.45) is 11.7 Å². The number of hydrogen-bond acceptors (Lipinski definition) is 5. The summed E-state index contributed by atoms with van der Waals surface area (Å²) in [7, 11) is 0. The number of hydrogen-bond donors (Lipinski definition) is 3. The van der Waals surface area contributed by atoms with Crippen LogP contribution in [0.4, 0.5) is 5.69 Å². The third-order valence-corrected chi connectivity index (χ3v) is 3.39. The quantitative estimate of drug-likeness (QED) is 0.695. The minimum atomic E-state index is -1.17. The second kappa shape index (κ2) is 5.89. The Hall–Kier alpha value is -2.12. The number of amides is 2. The van der Waals surface area contributed by atoms with Gasteiger partial charge in [0.05, 0.1) is 5.69 Å². The van der Waals surface area contributed by atoms with Gasteiger partial charge in [0.15, 0.2) is 0 Å². The molecule has 7 nitrogen and oxygen atoms in total. The Morgan fingerprint density at radius 1 is 1.35 bits per heavy atom. The highest BCUT2D eigenvalue weighted by atomic mass is 16.8. The third-order valence-electron chi connectivity index (χ3n) is 3.39. The van der Waals surface area contributed by atoms with E-state index in [1.165, 1.54) is 24.3 Å². The lowest BCUT2D eigenvalue weighted by atomic mass is 9.87. The van der Waals surface area contributed by atoms with Crippen molar-refractivity contribution in [3.8, 4) is 0 Å². The number of carbonyl (C=O) groups excluding carboxylic acids is 2. The van der Waals surface area contributed by atoms with Crippen LogP contribution in [0, 0.1) is 11.1 Å². The molecule has 0 bridgehead atoms. The van der Waals surface area contributed by atoms with Crippen LogP contribution in [-0.2, 0) is 4.79 Å². The normalized spacial score (nSPS) is 13.7. The molecule has 1 aromatic carbocycles. The monoisotopic (exact) mass is 280 g/mol. The topological polar surface area (TPSA) is 119 Å². The van der Waals surface area contributed by atoms with Crippen molar-refractivity contribution in [3.05, 3.63) is 35.0 Å². The van der Waals surface area contributed by atoms with Gasteiger partial charge in [0.1, 0.15) is 5.54 Å². The Labute approximate surface area is 116 Å².